The molecule has 8 nitrogen and oxygen atoms in total. The Morgan fingerprint density at radius 2 is 1.69 bits per heavy atom. The maximum atomic E-state index is 12.9. The van der Waals surface area contributed by atoms with Crippen molar-refractivity contribution in [3.8, 4) is 6.07 Å². The molecule has 2 heterocycles. The van der Waals surface area contributed by atoms with Crippen LogP contribution in [0.15, 0.2) is 54.6 Å². The van der Waals surface area contributed by atoms with Crippen molar-refractivity contribution in [2.75, 3.05) is 39.8 Å². The first-order valence-electron chi connectivity index (χ1n) is 15.7. The van der Waals surface area contributed by atoms with Gasteiger partial charge in [0.1, 0.15) is 6.04 Å². The Kier molecular flexibility index (Phi) is 10.1. The molecule has 224 valence electrons. The molecule has 0 bridgehead atoms. The highest BCUT2D eigenvalue weighted by Crippen LogP contribution is 2.38. The van der Waals surface area contributed by atoms with Crippen molar-refractivity contribution >= 4 is 12.0 Å². The largest absolute Gasteiger partial charge is 0.480 e. The second kappa shape index (κ2) is 14.2. The number of nitrogens with one attached hydrogen (secondary N) is 1. The molecule has 42 heavy (non-hydrogen) atoms. The highest BCUT2D eigenvalue weighted by molar-refractivity contribution is 5.74. The summed E-state index contributed by atoms with van der Waals surface area (Å²) in [6.45, 7) is 4.88. The zero-order valence-corrected chi connectivity index (χ0v) is 24.8. The summed E-state index contributed by atoms with van der Waals surface area (Å²) in [5.41, 5.74) is 2.89. The monoisotopic (exact) mass is 571 g/mol. The van der Waals surface area contributed by atoms with E-state index in [2.05, 4.69) is 51.5 Å². The molecule has 0 spiro atoms. The summed E-state index contributed by atoms with van der Waals surface area (Å²) in [7, 11) is 1.88. The molecule has 8 heteroatoms. The average Bonchev–Trinajstić information content (AvgIpc) is 3.43. The summed E-state index contributed by atoms with van der Waals surface area (Å²) >= 11 is 0. The van der Waals surface area contributed by atoms with Gasteiger partial charge >= 0.3 is 12.0 Å². The lowest BCUT2D eigenvalue weighted by Gasteiger charge is -2.38. The van der Waals surface area contributed by atoms with Gasteiger partial charge in [-0.2, -0.15) is 5.26 Å². The number of aliphatic carboxylic acids is 1. The van der Waals surface area contributed by atoms with Gasteiger partial charge in [-0.1, -0.05) is 61.7 Å². The van der Waals surface area contributed by atoms with Gasteiger partial charge in [0.05, 0.1) is 11.6 Å². The van der Waals surface area contributed by atoms with Crippen LogP contribution in [0.3, 0.4) is 0 Å². The molecule has 1 saturated carbocycles. The van der Waals surface area contributed by atoms with Gasteiger partial charge in [-0.25, -0.2) is 4.79 Å². The molecular weight excluding hydrogens is 526 g/mol. The second-order valence-corrected chi connectivity index (χ2v) is 12.5. The number of carboxylic acids is 1. The van der Waals surface area contributed by atoms with E-state index in [-0.39, 0.29) is 24.0 Å². The van der Waals surface area contributed by atoms with Crippen LogP contribution >= 0.6 is 0 Å². The molecule has 0 radical (unpaired) electrons. The van der Waals surface area contributed by atoms with E-state index in [1.54, 1.807) is 12.1 Å². The van der Waals surface area contributed by atoms with Gasteiger partial charge in [0, 0.05) is 58.3 Å². The summed E-state index contributed by atoms with van der Waals surface area (Å²) < 4.78 is 0. The zero-order chi connectivity index (χ0) is 29.5. The lowest BCUT2D eigenvalue weighted by Crippen LogP contribution is -2.49. The van der Waals surface area contributed by atoms with Gasteiger partial charge < -0.3 is 20.2 Å². The number of piperidine rings is 1. The summed E-state index contributed by atoms with van der Waals surface area (Å²) in [4.78, 5) is 32.1. The number of likely N-dealkylation sites (tertiary alicyclic amines) is 2. The van der Waals surface area contributed by atoms with Gasteiger partial charge in [0.15, 0.2) is 0 Å². The number of hydrogen-bond donors (Lipinski definition) is 2. The van der Waals surface area contributed by atoms with Gasteiger partial charge in [-0.05, 0) is 60.8 Å². The van der Waals surface area contributed by atoms with Crippen molar-refractivity contribution in [2.45, 2.75) is 69.5 Å². The first-order valence-corrected chi connectivity index (χ1v) is 15.7. The predicted octanol–water partition coefficient (Wildman–Crippen LogP) is 4.91. The Bertz CT molecular complexity index is 1220. The van der Waals surface area contributed by atoms with Crippen LogP contribution in [-0.2, 0) is 11.3 Å². The normalized spacial score (nSPS) is 23.2. The molecule has 2 aromatic carbocycles. The molecule has 3 fully saturated rings. The molecule has 2 N–H and O–H groups in total. The SMILES string of the molecule is CN(C(=O)NCc1ccc(C#N)cc1)C1CCN(C[C@H]2CN([C@@H](C(=O)O)C3CCCCC3)C[C@@H]2c2ccccc2)CC1. The number of hydrogen-bond acceptors (Lipinski definition) is 5. The van der Waals surface area contributed by atoms with Gasteiger partial charge in [0.2, 0.25) is 0 Å². The number of nitrogens with zero attached hydrogens (tertiary/aromatic N) is 4. The smallest absolute Gasteiger partial charge is 0.321 e. The minimum atomic E-state index is -0.657. The third kappa shape index (κ3) is 7.32. The molecule has 0 unspecified atom stereocenters. The highest BCUT2D eigenvalue weighted by atomic mass is 16.4. The summed E-state index contributed by atoms with van der Waals surface area (Å²) in [5.74, 6) is 0.296. The van der Waals surface area contributed by atoms with Crippen LogP contribution in [-0.4, -0.2) is 83.7 Å². The van der Waals surface area contributed by atoms with Crippen molar-refractivity contribution in [1.82, 2.24) is 20.0 Å². The first-order chi connectivity index (χ1) is 20.4. The van der Waals surface area contributed by atoms with Crippen LogP contribution < -0.4 is 5.32 Å². The Morgan fingerprint density at radius 3 is 2.33 bits per heavy atom. The predicted molar refractivity (Wildman–Crippen MR) is 163 cm³/mol. The summed E-state index contributed by atoms with van der Waals surface area (Å²) in [5, 5.41) is 22.3. The van der Waals surface area contributed by atoms with Crippen molar-refractivity contribution in [2.24, 2.45) is 11.8 Å². The van der Waals surface area contributed by atoms with Crippen molar-refractivity contribution < 1.29 is 14.7 Å². The number of carbonyl (C=O) groups is 2. The Morgan fingerprint density at radius 1 is 1.00 bits per heavy atom. The number of carbonyl (C=O) groups excluding carboxylic acids is 1. The quantitative estimate of drug-likeness (QED) is 0.444. The molecule has 1 aliphatic carbocycles. The molecule has 3 aliphatic rings. The summed E-state index contributed by atoms with van der Waals surface area (Å²) in [6, 6.07) is 19.8. The molecule has 2 amide bonds. The Hall–Kier alpha value is -3.41. The fourth-order valence-corrected chi connectivity index (χ4v) is 7.49. The van der Waals surface area contributed by atoms with Crippen LogP contribution in [0.1, 0.15) is 67.6 Å². The number of nitriles is 1. The van der Waals surface area contributed by atoms with E-state index < -0.39 is 5.97 Å². The third-order valence-corrected chi connectivity index (χ3v) is 9.88. The second-order valence-electron chi connectivity index (χ2n) is 12.5. The van der Waals surface area contributed by atoms with Crippen molar-refractivity contribution in [1.29, 1.82) is 5.26 Å². The summed E-state index contributed by atoms with van der Waals surface area (Å²) in [6.07, 6.45) is 7.41. The van der Waals surface area contributed by atoms with Crippen LogP contribution in [0.5, 0.6) is 0 Å². The molecule has 3 atom stereocenters. The molecular formula is C34H45N5O3. The number of carboxylic acid groups (broad SMARTS) is 1. The first kappa shape index (κ1) is 30.1. The Labute approximate surface area is 250 Å². The fraction of sp³-hybridized carbons (Fsp3) is 0.559. The van der Waals surface area contributed by atoms with Crippen molar-refractivity contribution in [3.63, 3.8) is 0 Å². The lowest BCUT2D eigenvalue weighted by molar-refractivity contribution is -0.145. The zero-order valence-electron chi connectivity index (χ0n) is 24.8. The standard InChI is InChI=1S/C34H45N5O3/c1-37(34(42)36-21-26-14-12-25(20-35)13-15-26)30-16-18-38(19-17-30)22-29-23-39(24-31(29)27-8-4-2-5-9-27)32(33(40)41)28-10-6-3-7-11-28/h2,4-5,8-9,12-15,28-32H,3,6-7,10-11,16-19,21-24H2,1H3,(H,36,42)(H,40,41)/t29-,31+,32+/m0/s1. The van der Waals surface area contributed by atoms with E-state index in [9.17, 15) is 14.7 Å². The average molecular weight is 572 g/mol. The Balaban J connectivity index is 1.16. The van der Waals surface area contributed by atoms with Crippen LogP contribution in [0.2, 0.25) is 0 Å². The minimum absolute atomic E-state index is 0.0733. The van der Waals surface area contributed by atoms with Crippen LogP contribution in [0, 0.1) is 23.2 Å². The molecule has 2 aromatic rings. The number of urea groups is 1. The topological polar surface area (TPSA) is 99.9 Å². The van der Waals surface area contributed by atoms with E-state index in [0.717, 1.165) is 76.8 Å². The minimum Gasteiger partial charge on any atom is -0.480 e. The van der Waals surface area contributed by atoms with E-state index in [0.29, 0.717) is 23.9 Å². The number of benzene rings is 2. The van der Waals surface area contributed by atoms with E-state index >= 15 is 0 Å². The maximum Gasteiger partial charge on any atom is 0.321 e. The molecule has 2 saturated heterocycles. The van der Waals surface area contributed by atoms with E-state index in [1.807, 2.05) is 24.1 Å². The molecule has 0 aromatic heterocycles. The lowest BCUT2D eigenvalue weighted by atomic mass is 9.83. The van der Waals surface area contributed by atoms with Crippen LogP contribution in [0.4, 0.5) is 4.79 Å². The fourth-order valence-electron chi connectivity index (χ4n) is 7.49. The third-order valence-electron chi connectivity index (χ3n) is 9.88. The van der Waals surface area contributed by atoms with E-state index in [1.165, 1.54) is 12.0 Å². The number of rotatable bonds is 9. The van der Waals surface area contributed by atoms with Gasteiger partial charge in [-0.3, -0.25) is 9.69 Å². The maximum absolute atomic E-state index is 12.9. The van der Waals surface area contributed by atoms with Gasteiger partial charge in [-0.15, -0.1) is 0 Å². The molecule has 2 aliphatic heterocycles. The number of amides is 2. The highest BCUT2D eigenvalue weighted by Gasteiger charge is 2.43. The van der Waals surface area contributed by atoms with E-state index in [4.69, 9.17) is 5.26 Å². The molecule has 5 rings (SSSR count). The van der Waals surface area contributed by atoms with Crippen molar-refractivity contribution in [3.05, 3.63) is 71.3 Å². The van der Waals surface area contributed by atoms with Crippen LogP contribution in [0.25, 0.3) is 0 Å². The van der Waals surface area contributed by atoms with Gasteiger partial charge in [0.25, 0.3) is 0 Å².